The second-order valence-electron chi connectivity index (χ2n) is 30.0. The quantitative estimate of drug-likeness (QED) is 0.0387. The Bertz CT molecular complexity index is 5540. The van der Waals surface area contributed by atoms with Gasteiger partial charge < -0.3 is 42.4 Å². The highest BCUT2D eigenvalue weighted by molar-refractivity contribution is 7.88. The van der Waals surface area contributed by atoms with Gasteiger partial charge in [-0.2, -0.15) is 21.6 Å². The average molecular weight is 1570 g/mol. The Hall–Kier alpha value is -10.6. The summed E-state index contributed by atoms with van der Waals surface area (Å²) in [6.07, 6.45) is 1.60. The van der Waals surface area contributed by atoms with Gasteiger partial charge in [0.15, 0.2) is 24.1 Å². The first-order valence-electron chi connectivity index (χ1n) is 36.2. The van der Waals surface area contributed by atoms with E-state index in [-0.39, 0.29) is 52.5 Å². The van der Waals surface area contributed by atoms with Crippen LogP contribution in [0.1, 0.15) is 151 Å². The standard InChI is InChI=1S/C30H30FNO4.C28H26FNO4.C20H22F4O6S.C9H9FO/c1-6-34-29(33)28(36-30(3,4)5)24-17(2)15-19-7-8-20(31)16-22(19)26(24)21-9-10-23-25-18(12-14-35-23)11-13-32-27(21)25;1-15-13-17-5-6-18(29)14-20(17)24(22(15)26(27(31)32)34-28(2,3)4)19-7-8-21-23-16(10-12-33-21)9-11-30-25(19)23;1-6-28-18(25)17(29-19(3,4)5)15-11(2)9-12-7-8-13(21)10-14(12)16(15)30-31(26,27)20(22,23)24;1-7(11)6-8-2-4-9(10)5-3-8/h7-11,13,15-16,28H,6,12,14H2,1-5H3;5-9,11,13-14,26H,10,12H2,1-4H3,(H,31,32);7-10,17H,6H2,1-5H3;2-5H,6H2,1H3/t28-;26-;;/m00../s1. The first kappa shape index (κ1) is 83.9. The molecule has 1 unspecified atom stereocenters. The van der Waals surface area contributed by atoms with E-state index in [0.717, 1.165) is 102 Å². The van der Waals surface area contributed by atoms with E-state index in [4.69, 9.17) is 38.1 Å². The lowest BCUT2D eigenvalue weighted by Gasteiger charge is -2.30. The van der Waals surface area contributed by atoms with Crippen LogP contribution in [0, 0.1) is 44.0 Å². The molecule has 3 atom stereocenters. The molecule has 0 amide bonds. The number of fused-ring (bicyclic) bond motifs is 3. The van der Waals surface area contributed by atoms with Gasteiger partial charge in [0.1, 0.15) is 40.6 Å². The number of pyridine rings is 2. The zero-order chi connectivity index (χ0) is 81.9. The number of ketones is 1. The number of aryl methyl sites for hydroxylation is 3. The average Bonchev–Trinajstić information content (AvgIpc) is 0.739. The molecule has 1 N–H and O–H groups in total. The van der Waals surface area contributed by atoms with E-state index in [0.29, 0.717) is 58.2 Å². The predicted molar refractivity (Wildman–Crippen MR) is 414 cm³/mol. The van der Waals surface area contributed by atoms with Crippen molar-refractivity contribution in [2.75, 3.05) is 26.4 Å². The van der Waals surface area contributed by atoms with Gasteiger partial charge >= 0.3 is 33.5 Å². The van der Waals surface area contributed by atoms with Crippen molar-refractivity contribution < 1.29 is 101 Å². The van der Waals surface area contributed by atoms with Gasteiger partial charge in [0.05, 0.1) is 54.3 Å². The Morgan fingerprint density at radius 2 is 0.875 bits per heavy atom. The van der Waals surface area contributed by atoms with Gasteiger partial charge in [-0.15, -0.1) is 0 Å². The lowest BCUT2D eigenvalue weighted by molar-refractivity contribution is -0.167. The molecule has 590 valence electrons. The maximum Gasteiger partial charge on any atom is 0.534 e. The lowest BCUT2D eigenvalue weighted by atomic mass is 9.85. The van der Waals surface area contributed by atoms with Crippen LogP contribution in [0.25, 0.3) is 76.4 Å². The third-order valence-corrected chi connectivity index (χ3v) is 18.9. The number of hydrogen-bond acceptors (Lipinski definition) is 16. The van der Waals surface area contributed by atoms with Gasteiger partial charge in [-0.25, -0.2) is 31.9 Å². The number of aliphatic carboxylic acids is 1. The van der Waals surface area contributed by atoms with Crippen LogP contribution < -0.4 is 13.7 Å². The van der Waals surface area contributed by atoms with Crippen molar-refractivity contribution in [2.45, 2.75) is 164 Å². The Kier molecular flexibility index (Phi) is 25.3. The molecule has 0 fully saturated rings. The third-order valence-electron chi connectivity index (χ3n) is 17.9. The van der Waals surface area contributed by atoms with E-state index < -0.39 is 86.0 Å². The fourth-order valence-corrected chi connectivity index (χ4v) is 14.1. The Morgan fingerprint density at radius 3 is 1.27 bits per heavy atom. The maximum atomic E-state index is 14.7. The molecule has 0 bridgehead atoms. The highest BCUT2D eigenvalue weighted by Gasteiger charge is 2.50. The first-order valence-corrected chi connectivity index (χ1v) is 37.6. The number of rotatable bonds is 17. The van der Waals surface area contributed by atoms with Crippen molar-refractivity contribution in [1.29, 1.82) is 0 Å². The molecule has 4 heterocycles. The number of hydrogen-bond donors (Lipinski definition) is 1. The van der Waals surface area contributed by atoms with Crippen LogP contribution in [0.5, 0.6) is 17.2 Å². The SMILES string of the molecule is CC(=O)Cc1ccc(F)cc1.CCOC(=O)C(OC(C)(C)C)c1c(C)cc2ccc(F)cc2c1OS(=O)(=O)C(F)(F)F.CCOC(=O)[C@@H](OC(C)(C)C)c1c(C)cc2ccc(F)cc2c1-c1ccc2c3c(ccnc13)CCO2.Cc1cc2ccc(F)cc2c(-c2ccc3c4c(ccnc24)CCO3)c1[C@H](OC(C)(C)C)C(=O)O. The number of aromatic nitrogens is 2. The third kappa shape index (κ3) is 19.3. The number of carbonyl (C=O) groups excluding carboxylic acids is 3. The molecule has 2 aliphatic rings. The summed E-state index contributed by atoms with van der Waals surface area (Å²) in [5.41, 5.74) is 2.00. The number of halogens is 7. The largest absolute Gasteiger partial charge is 0.534 e. The Balaban J connectivity index is 0.000000167. The van der Waals surface area contributed by atoms with Crippen LogP contribution in [-0.4, -0.2) is 95.9 Å². The predicted octanol–water partition coefficient (Wildman–Crippen LogP) is 20.1. The summed E-state index contributed by atoms with van der Waals surface area (Å²) in [6, 6.07) is 35.3. The molecule has 25 heteroatoms. The number of nitrogens with zero attached hydrogens (tertiary/aromatic N) is 2. The highest BCUT2D eigenvalue weighted by atomic mass is 32.2. The minimum absolute atomic E-state index is 0.0683. The number of carboxylic acid groups (broad SMARTS) is 1. The van der Waals surface area contributed by atoms with Gasteiger partial charge in [0.25, 0.3) is 0 Å². The minimum atomic E-state index is -6.14. The molecule has 112 heavy (non-hydrogen) atoms. The zero-order valence-corrected chi connectivity index (χ0v) is 65.5. The Labute approximate surface area is 644 Å². The van der Waals surface area contributed by atoms with Crippen LogP contribution in [0.3, 0.4) is 0 Å². The van der Waals surface area contributed by atoms with Crippen LogP contribution >= 0.6 is 0 Å². The van der Waals surface area contributed by atoms with Crippen molar-refractivity contribution in [1.82, 2.24) is 9.97 Å². The molecule has 13 rings (SSSR count). The number of esters is 2. The van der Waals surface area contributed by atoms with Crippen molar-refractivity contribution in [3.63, 3.8) is 0 Å². The molecular weight excluding hydrogens is 1480 g/mol. The number of carboxylic acids is 1. The van der Waals surface area contributed by atoms with E-state index in [1.54, 1.807) is 64.4 Å². The summed E-state index contributed by atoms with van der Waals surface area (Å²) in [7, 11) is -6.14. The molecule has 0 aliphatic carbocycles. The molecule has 2 aliphatic heterocycles. The molecular formula is C87H87F7N2O15S. The van der Waals surface area contributed by atoms with Gasteiger partial charge in [-0.05, 0) is 260 Å². The molecule has 2 aromatic heterocycles. The number of ether oxygens (including phenoxy) is 7. The minimum Gasteiger partial charge on any atom is -0.493 e. The Morgan fingerprint density at radius 1 is 0.500 bits per heavy atom. The van der Waals surface area contributed by atoms with E-state index in [1.165, 1.54) is 69.3 Å². The fraction of sp³-hybridized carbons (Fsp3) is 0.333. The molecule has 11 aromatic rings. The number of benzene rings is 9. The smallest absolute Gasteiger partial charge is 0.493 e. The van der Waals surface area contributed by atoms with E-state index in [9.17, 15) is 63.4 Å². The zero-order valence-electron chi connectivity index (χ0n) is 64.6. The van der Waals surface area contributed by atoms with Crippen molar-refractivity contribution >= 4 is 87.9 Å². The van der Waals surface area contributed by atoms with Gasteiger partial charge in [-0.3, -0.25) is 14.8 Å². The van der Waals surface area contributed by atoms with Crippen molar-refractivity contribution in [3.05, 3.63) is 219 Å². The molecule has 0 saturated carbocycles. The summed E-state index contributed by atoms with van der Waals surface area (Å²) in [6.45, 7) is 27.3. The van der Waals surface area contributed by atoms with Crippen LogP contribution in [0.15, 0.2) is 146 Å². The lowest BCUT2D eigenvalue weighted by Crippen LogP contribution is -2.31. The van der Waals surface area contributed by atoms with Crippen molar-refractivity contribution in [2.24, 2.45) is 0 Å². The summed E-state index contributed by atoms with van der Waals surface area (Å²) >= 11 is 0. The second kappa shape index (κ2) is 33.8. The number of carbonyl (C=O) groups is 4. The van der Waals surface area contributed by atoms with E-state index in [2.05, 4.69) is 9.17 Å². The fourth-order valence-electron chi connectivity index (χ4n) is 13.6. The van der Waals surface area contributed by atoms with Gasteiger partial charge in [0.2, 0.25) is 0 Å². The first-order chi connectivity index (χ1) is 52.6. The highest BCUT2D eigenvalue weighted by Crippen LogP contribution is 2.49. The molecule has 0 radical (unpaired) electrons. The summed E-state index contributed by atoms with van der Waals surface area (Å²) in [5, 5.41) is 15.0. The summed E-state index contributed by atoms with van der Waals surface area (Å²) in [4.78, 5) is 58.5. The van der Waals surface area contributed by atoms with Gasteiger partial charge in [0, 0.05) is 75.6 Å². The topological polar surface area (TPSA) is 222 Å². The number of alkyl halides is 3. The second-order valence-corrected chi connectivity index (χ2v) is 31.5. The molecule has 17 nitrogen and oxygen atoms in total. The van der Waals surface area contributed by atoms with E-state index >= 15 is 0 Å². The monoisotopic (exact) mass is 1560 g/mol. The van der Waals surface area contributed by atoms with Crippen LogP contribution in [0.4, 0.5) is 30.7 Å². The van der Waals surface area contributed by atoms with Gasteiger partial charge in [-0.1, -0.05) is 48.5 Å². The molecule has 9 aromatic carbocycles. The summed E-state index contributed by atoms with van der Waals surface area (Å²) in [5.74, 6) is -3.65. The van der Waals surface area contributed by atoms with Crippen LogP contribution in [-0.2, 0) is 72.2 Å². The van der Waals surface area contributed by atoms with Crippen LogP contribution in [0.2, 0.25) is 0 Å². The normalized spacial score (nSPS) is 13.6. The molecule has 0 saturated heterocycles. The maximum absolute atomic E-state index is 14.7. The number of Topliss-reactive ketones (excluding diaryl/α,β-unsaturated/α-hetero) is 1. The summed E-state index contributed by atoms with van der Waals surface area (Å²) < 4.78 is 163. The molecule has 0 spiro atoms. The van der Waals surface area contributed by atoms with Crippen molar-refractivity contribution in [3.8, 4) is 39.5 Å². The van der Waals surface area contributed by atoms with E-state index in [1.807, 2.05) is 104 Å².